The minimum Gasteiger partial charge on any atom is -0.408 e. The van der Waals surface area contributed by atoms with Crippen molar-refractivity contribution in [2.75, 3.05) is 12.3 Å². The number of hydrogen-bond donors (Lipinski definition) is 1. The number of nitrogen functional groups attached to an aromatic ring is 1. The Balaban J connectivity index is 2.47. The number of rotatable bonds is 4. The van der Waals surface area contributed by atoms with Crippen molar-refractivity contribution in [3.8, 4) is 0 Å². The summed E-state index contributed by atoms with van der Waals surface area (Å²) in [5.74, 6) is 0. The van der Waals surface area contributed by atoms with E-state index in [0.717, 1.165) is 12.3 Å². The molecule has 2 rings (SSSR count). The van der Waals surface area contributed by atoms with E-state index in [2.05, 4.69) is 42.9 Å². The highest BCUT2D eigenvalue weighted by Gasteiger charge is 2.33. The molecule has 2 nitrogen and oxygen atoms in total. The van der Waals surface area contributed by atoms with Crippen LogP contribution in [0.25, 0.3) is 0 Å². The third-order valence-electron chi connectivity index (χ3n) is 3.22. The van der Waals surface area contributed by atoms with Crippen LogP contribution in [-0.2, 0) is 4.43 Å². The molecule has 18 heavy (non-hydrogen) atoms. The summed E-state index contributed by atoms with van der Waals surface area (Å²) in [6.07, 6.45) is 0. The van der Waals surface area contributed by atoms with Gasteiger partial charge in [-0.2, -0.15) is 0 Å². The molecule has 0 heterocycles. The van der Waals surface area contributed by atoms with Crippen molar-refractivity contribution in [3.63, 3.8) is 0 Å². The van der Waals surface area contributed by atoms with Gasteiger partial charge in [-0.3, -0.25) is 0 Å². The van der Waals surface area contributed by atoms with Gasteiger partial charge in [0.25, 0.3) is 8.32 Å². The van der Waals surface area contributed by atoms with Gasteiger partial charge in [0, 0.05) is 12.3 Å². The second-order valence-electron chi connectivity index (χ2n) is 4.45. The van der Waals surface area contributed by atoms with Gasteiger partial charge >= 0.3 is 0 Å². The summed E-state index contributed by atoms with van der Waals surface area (Å²) < 4.78 is 6.14. The Morgan fingerprint density at radius 2 is 1.50 bits per heavy atom. The molecule has 0 fully saturated rings. The maximum absolute atomic E-state index is 6.14. The highest BCUT2D eigenvalue weighted by Crippen LogP contribution is 2.09. The van der Waals surface area contributed by atoms with E-state index in [0.29, 0.717) is 0 Å². The average Bonchev–Trinajstić information content (AvgIpc) is 2.40. The second kappa shape index (κ2) is 5.37. The van der Waals surface area contributed by atoms with Gasteiger partial charge in [-0.25, -0.2) is 0 Å². The normalized spacial score (nSPS) is 14.1. The van der Waals surface area contributed by atoms with Crippen molar-refractivity contribution < 1.29 is 4.43 Å². The largest absolute Gasteiger partial charge is 0.408 e. The second-order valence-corrected chi connectivity index (χ2v) is 7.96. The molecule has 0 radical (unpaired) electrons. The number of benzene rings is 2. The lowest BCUT2D eigenvalue weighted by Gasteiger charge is -2.28. The Kier molecular flexibility index (Phi) is 3.84. The molecule has 0 aliphatic heterocycles. The van der Waals surface area contributed by atoms with Crippen LogP contribution in [0.4, 0.5) is 5.69 Å². The van der Waals surface area contributed by atoms with E-state index >= 15 is 0 Å². The smallest absolute Gasteiger partial charge is 0.252 e. The Labute approximate surface area is 110 Å². The first kappa shape index (κ1) is 12.9. The van der Waals surface area contributed by atoms with Crippen LogP contribution in [-0.4, -0.2) is 14.9 Å². The summed E-state index contributed by atoms with van der Waals surface area (Å²) in [6, 6.07) is 18.5. The molecule has 0 saturated heterocycles. The highest BCUT2D eigenvalue weighted by molar-refractivity contribution is 6.96. The first-order valence-electron chi connectivity index (χ1n) is 6.22. The SMILES string of the molecule is CCO[Si](C)(c1ccccc1)c1ccc(N)cc1. The van der Waals surface area contributed by atoms with Crippen LogP contribution in [0.15, 0.2) is 54.6 Å². The Morgan fingerprint density at radius 1 is 0.944 bits per heavy atom. The van der Waals surface area contributed by atoms with Gasteiger partial charge in [0.2, 0.25) is 0 Å². The van der Waals surface area contributed by atoms with Crippen molar-refractivity contribution in [1.82, 2.24) is 0 Å². The maximum Gasteiger partial charge on any atom is 0.252 e. The molecule has 2 aromatic carbocycles. The quantitative estimate of drug-likeness (QED) is 0.671. The summed E-state index contributed by atoms with van der Waals surface area (Å²) in [6.45, 7) is 5.00. The molecular formula is C15H19NOSi. The molecule has 2 aromatic rings. The molecule has 0 saturated carbocycles. The van der Waals surface area contributed by atoms with E-state index in [1.54, 1.807) is 0 Å². The van der Waals surface area contributed by atoms with Crippen molar-refractivity contribution in [3.05, 3.63) is 54.6 Å². The van der Waals surface area contributed by atoms with Crippen LogP contribution in [0.1, 0.15) is 6.92 Å². The van der Waals surface area contributed by atoms with E-state index in [-0.39, 0.29) is 0 Å². The molecule has 0 bridgehead atoms. The molecule has 0 aliphatic rings. The Morgan fingerprint density at radius 3 is 2.06 bits per heavy atom. The van der Waals surface area contributed by atoms with E-state index in [1.165, 1.54) is 10.4 Å². The Hall–Kier alpha value is -1.58. The van der Waals surface area contributed by atoms with Crippen molar-refractivity contribution in [1.29, 1.82) is 0 Å². The first-order valence-corrected chi connectivity index (χ1v) is 8.63. The lowest BCUT2D eigenvalue weighted by molar-refractivity contribution is 0.343. The molecule has 3 heteroatoms. The zero-order valence-electron chi connectivity index (χ0n) is 10.9. The summed E-state index contributed by atoms with van der Waals surface area (Å²) >= 11 is 0. The van der Waals surface area contributed by atoms with E-state index in [1.807, 2.05) is 25.1 Å². The molecule has 0 spiro atoms. The van der Waals surface area contributed by atoms with Crippen LogP contribution in [0.5, 0.6) is 0 Å². The minimum absolute atomic E-state index is 0.724. The lowest BCUT2D eigenvalue weighted by atomic mass is 10.3. The average molecular weight is 257 g/mol. The summed E-state index contributed by atoms with van der Waals surface area (Å²) in [5, 5.41) is 2.54. The molecule has 94 valence electrons. The Bertz CT molecular complexity index is 498. The predicted molar refractivity (Wildman–Crippen MR) is 79.8 cm³/mol. The van der Waals surface area contributed by atoms with Crippen LogP contribution in [0, 0.1) is 0 Å². The maximum atomic E-state index is 6.14. The number of anilines is 1. The van der Waals surface area contributed by atoms with Gasteiger partial charge < -0.3 is 10.2 Å². The molecule has 0 aromatic heterocycles. The summed E-state index contributed by atoms with van der Waals surface area (Å²) in [4.78, 5) is 0. The fourth-order valence-corrected chi connectivity index (χ4v) is 5.05. The number of hydrogen-bond acceptors (Lipinski definition) is 2. The van der Waals surface area contributed by atoms with E-state index in [4.69, 9.17) is 10.2 Å². The van der Waals surface area contributed by atoms with Gasteiger partial charge in [0.05, 0.1) is 0 Å². The van der Waals surface area contributed by atoms with Crippen LogP contribution in [0.3, 0.4) is 0 Å². The first-order chi connectivity index (χ1) is 8.66. The lowest BCUT2D eigenvalue weighted by Crippen LogP contribution is -2.58. The van der Waals surface area contributed by atoms with Crippen molar-refractivity contribution in [2.24, 2.45) is 0 Å². The zero-order valence-corrected chi connectivity index (χ0v) is 11.9. The molecule has 1 atom stereocenters. The standard InChI is InChI=1S/C15H19NOSi/c1-3-17-18(2,14-7-5-4-6-8-14)15-11-9-13(16)10-12-15/h4-12H,3,16H2,1-2H3. The highest BCUT2D eigenvalue weighted by atomic mass is 28.4. The van der Waals surface area contributed by atoms with Crippen LogP contribution >= 0.6 is 0 Å². The number of nitrogens with two attached hydrogens (primary N) is 1. The van der Waals surface area contributed by atoms with E-state index in [9.17, 15) is 0 Å². The molecule has 2 N–H and O–H groups in total. The molecule has 1 unspecified atom stereocenters. The van der Waals surface area contributed by atoms with Crippen LogP contribution in [0.2, 0.25) is 6.55 Å². The van der Waals surface area contributed by atoms with Gasteiger partial charge in [-0.1, -0.05) is 42.5 Å². The predicted octanol–water partition coefficient (Wildman–Crippen LogP) is 1.99. The zero-order chi connectivity index (χ0) is 13.0. The summed E-state index contributed by atoms with van der Waals surface area (Å²) in [7, 11) is -2.08. The monoisotopic (exact) mass is 257 g/mol. The fraction of sp³-hybridized carbons (Fsp3) is 0.200. The van der Waals surface area contributed by atoms with Gasteiger partial charge in [0.1, 0.15) is 0 Å². The minimum atomic E-state index is -2.08. The van der Waals surface area contributed by atoms with E-state index < -0.39 is 8.32 Å². The molecular weight excluding hydrogens is 238 g/mol. The van der Waals surface area contributed by atoms with Gasteiger partial charge in [0.15, 0.2) is 0 Å². The van der Waals surface area contributed by atoms with Crippen LogP contribution < -0.4 is 16.1 Å². The van der Waals surface area contributed by atoms with Gasteiger partial charge in [-0.05, 0) is 36.0 Å². The summed E-state index contributed by atoms with van der Waals surface area (Å²) in [5.41, 5.74) is 6.55. The molecule has 0 aliphatic carbocycles. The van der Waals surface area contributed by atoms with Crippen molar-refractivity contribution >= 4 is 24.4 Å². The van der Waals surface area contributed by atoms with Crippen molar-refractivity contribution in [2.45, 2.75) is 13.5 Å². The third kappa shape index (κ3) is 2.47. The third-order valence-corrected chi connectivity index (χ3v) is 6.96. The molecule has 0 amide bonds. The van der Waals surface area contributed by atoms with Gasteiger partial charge in [-0.15, -0.1) is 0 Å². The fourth-order valence-electron chi connectivity index (χ4n) is 2.18. The topological polar surface area (TPSA) is 35.2 Å².